The van der Waals surface area contributed by atoms with Gasteiger partial charge in [-0.25, -0.2) is 8.42 Å². The number of sulfonamides is 1. The van der Waals surface area contributed by atoms with Gasteiger partial charge in [0, 0.05) is 11.4 Å². The van der Waals surface area contributed by atoms with Crippen molar-refractivity contribution >= 4 is 56.6 Å². The maximum absolute atomic E-state index is 12.9. The normalized spacial score (nSPS) is 17.0. The number of rotatable bonds is 8. The molecule has 1 unspecified atom stereocenters. The van der Waals surface area contributed by atoms with Crippen LogP contribution in [0, 0.1) is 0 Å². The Morgan fingerprint density at radius 2 is 2.06 bits per heavy atom. The highest BCUT2D eigenvalue weighted by molar-refractivity contribution is 7.99. The van der Waals surface area contributed by atoms with Gasteiger partial charge < -0.3 is 4.42 Å². The fourth-order valence-corrected chi connectivity index (χ4v) is 7.38. The molecule has 0 radical (unpaired) electrons. The van der Waals surface area contributed by atoms with Crippen molar-refractivity contribution in [3.05, 3.63) is 52.2 Å². The van der Waals surface area contributed by atoms with E-state index >= 15 is 0 Å². The molecule has 8 nitrogen and oxygen atoms in total. The van der Waals surface area contributed by atoms with E-state index in [4.69, 9.17) is 16.0 Å². The lowest BCUT2D eigenvalue weighted by molar-refractivity contribution is -0.119. The van der Waals surface area contributed by atoms with E-state index < -0.39 is 22.0 Å². The smallest absolute Gasteiger partial charge is 0.322 e. The van der Waals surface area contributed by atoms with Gasteiger partial charge in [-0.2, -0.15) is 4.31 Å². The van der Waals surface area contributed by atoms with Gasteiger partial charge in [0.1, 0.15) is 10.3 Å². The second kappa shape index (κ2) is 9.92. The predicted molar refractivity (Wildman–Crippen MR) is 125 cm³/mol. The molecule has 3 heterocycles. The highest BCUT2D eigenvalue weighted by atomic mass is 35.5. The first-order chi connectivity index (χ1) is 15.4. The molecule has 1 saturated heterocycles. The van der Waals surface area contributed by atoms with E-state index in [0.717, 1.165) is 22.7 Å². The van der Waals surface area contributed by atoms with E-state index in [1.165, 1.54) is 21.3 Å². The first-order valence-electron chi connectivity index (χ1n) is 9.99. The average molecular weight is 513 g/mol. The first-order valence-corrected chi connectivity index (χ1v) is 13.6. The molecule has 1 N–H and O–H groups in total. The SMILES string of the molecule is CCSc1ccc(Cc2nnc(NC(=O)C3CCCN3S(=O)(=O)c3ccc(Cl)s3)o2)cc1. The minimum atomic E-state index is -3.81. The van der Waals surface area contributed by atoms with Gasteiger partial charge in [-0.3, -0.25) is 10.1 Å². The Bertz CT molecular complexity index is 1190. The van der Waals surface area contributed by atoms with Gasteiger partial charge in [-0.15, -0.1) is 28.2 Å². The molecule has 1 aliphatic heterocycles. The zero-order chi connectivity index (χ0) is 22.7. The molecule has 1 fully saturated rings. The van der Waals surface area contributed by atoms with E-state index in [1.54, 1.807) is 11.8 Å². The zero-order valence-corrected chi connectivity index (χ0v) is 20.4. The highest BCUT2D eigenvalue weighted by Crippen LogP contribution is 2.32. The summed E-state index contributed by atoms with van der Waals surface area (Å²) in [5, 5.41) is 10.4. The van der Waals surface area contributed by atoms with Gasteiger partial charge in [0.25, 0.3) is 10.0 Å². The molecule has 2 aromatic heterocycles. The maximum atomic E-state index is 12.9. The van der Waals surface area contributed by atoms with E-state index in [-0.39, 0.29) is 16.8 Å². The molecule has 1 aromatic carbocycles. The summed E-state index contributed by atoms with van der Waals surface area (Å²) in [6.07, 6.45) is 1.42. The van der Waals surface area contributed by atoms with E-state index in [9.17, 15) is 13.2 Å². The summed E-state index contributed by atoms with van der Waals surface area (Å²) in [6.45, 7) is 2.36. The van der Waals surface area contributed by atoms with Crippen molar-refractivity contribution in [3.8, 4) is 0 Å². The Labute approximate surface area is 199 Å². The molecule has 32 heavy (non-hydrogen) atoms. The molecule has 0 aliphatic carbocycles. The van der Waals surface area contributed by atoms with Crippen molar-refractivity contribution < 1.29 is 17.6 Å². The lowest BCUT2D eigenvalue weighted by Crippen LogP contribution is -2.42. The number of anilines is 1. The van der Waals surface area contributed by atoms with Gasteiger partial charge in [0.2, 0.25) is 11.8 Å². The summed E-state index contributed by atoms with van der Waals surface area (Å²) in [5.74, 6) is 0.873. The summed E-state index contributed by atoms with van der Waals surface area (Å²) in [7, 11) is -3.81. The van der Waals surface area contributed by atoms with Crippen LogP contribution in [0.3, 0.4) is 0 Å². The fraction of sp³-hybridized carbons (Fsp3) is 0.350. The second-order valence-electron chi connectivity index (χ2n) is 7.08. The van der Waals surface area contributed by atoms with Gasteiger partial charge in [0.15, 0.2) is 0 Å². The minimum absolute atomic E-state index is 0.0495. The molecule has 3 aromatic rings. The summed E-state index contributed by atoms with van der Waals surface area (Å²) in [4.78, 5) is 14.0. The number of amides is 1. The Balaban J connectivity index is 1.41. The summed E-state index contributed by atoms with van der Waals surface area (Å²) in [5.41, 5.74) is 1.01. The van der Waals surface area contributed by atoms with Gasteiger partial charge in [0.05, 0.1) is 10.8 Å². The molecular formula is C20H21ClN4O4S3. The van der Waals surface area contributed by atoms with Crippen LogP contribution in [0.25, 0.3) is 0 Å². The lowest BCUT2D eigenvalue weighted by atomic mass is 10.1. The molecule has 4 rings (SSSR count). The number of thioether (sulfide) groups is 1. The summed E-state index contributed by atoms with van der Waals surface area (Å²) in [6, 6.07) is 10.2. The molecule has 1 aliphatic rings. The number of nitrogens with one attached hydrogen (secondary N) is 1. The zero-order valence-electron chi connectivity index (χ0n) is 17.2. The van der Waals surface area contributed by atoms with E-state index in [0.29, 0.717) is 29.5 Å². The third-order valence-electron chi connectivity index (χ3n) is 4.90. The third kappa shape index (κ3) is 5.18. The van der Waals surface area contributed by atoms with Crippen LogP contribution in [-0.4, -0.2) is 47.2 Å². The van der Waals surface area contributed by atoms with Crippen LogP contribution in [-0.2, 0) is 21.2 Å². The maximum Gasteiger partial charge on any atom is 0.322 e. The van der Waals surface area contributed by atoms with Crippen molar-refractivity contribution in [1.29, 1.82) is 0 Å². The largest absolute Gasteiger partial charge is 0.407 e. The average Bonchev–Trinajstić information content (AvgIpc) is 3.51. The monoisotopic (exact) mass is 512 g/mol. The van der Waals surface area contributed by atoms with Crippen LogP contribution in [0.15, 0.2) is 49.9 Å². The van der Waals surface area contributed by atoms with Gasteiger partial charge in [-0.1, -0.05) is 35.8 Å². The molecule has 1 atom stereocenters. The topological polar surface area (TPSA) is 105 Å². The van der Waals surface area contributed by atoms with Crippen LogP contribution < -0.4 is 5.32 Å². The lowest BCUT2D eigenvalue weighted by Gasteiger charge is -2.21. The minimum Gasteiger partial charge on any atom is -0.407 e. The molecule has 0 bridgehead atoms. The number of carbonyl (C=O) groups excluding carboxylic acids is 1. The van der Waals surface area contributed by atoms with Crippen LogP contribution in [0.2, 0.25) is 4.34 Å². The quantitative estimate of drug-likeness (QED) is 0.449. The van der Waals surface area contributed by atoms with Crippen molar-refractivity contribution in [1.82, 2.24) is 14.5 Å². The Kier molecular flexibility index (Phi) is 7.21. The summed E-state index contributed by atoms with van der Waals surface area (Å²) < 4.78 is 33.1. The summed E-state index contributed by atoms with van der Waals surface area (Å²) >= 11 is 8.62. The van der Waals surface area contributed by atoms with Crippen LogP contribution in [0.5, 0.6) is 0 Å². The fourth-order valence-electron chi connectivity index (χ4n) is 3.45. The third-order valence-corrected chi connectivity index (χ3v) is 9.41. The Morgan fingerprint density at radius 1 is 1.28 bits per heavy atom. The van der Waals surface area contributed by atoms with Crippen LogP contribution >= 0.6 is 34.7 Å². The van der Waals surface area contributed by atoms with Crippen LogP contribution in [0.1, 0.15) is 31.2 Å². The molecule has 170 valence electrons. The number of nitrogens with zero attached hydrogens (tertiary/aromatic N) is 3. The van der Waals surface area contributed by atoms with Crippen molar-refractivity contribution in [2.75, 3.05) is 17.6 Å². The first kappa shape index (κ1) is 23.2. The van der Waals surface area contributed by atoms with Gasteiger partial charge in [-0.05, 0) is 48.4 Å². The molecule has 0 saturated carbocycles. The van der Waals surface area contributed by atoms with Crippen molar-refractivity contribution in [3.63, 3.8) is 0 Å². The number of benzene rings is 1. The number of aromatic nitrogens is 2. The number of halogens is 1. The van der Waals surface area contributed by atoms with Crippen molar-refractivity contribution in [2.45, 2.75) is 41.3 Å². The number of hydrogen-bond acceptors (Lipinski definition) is 8. The number of carbonyl (C=O) groups is 1. The second-order valence-corrected chi connectivity index (χ2v) is 12.2. The number of thiophene rings is 1. The Morgan fingerprint density at radius 3 is 2.75 bits per heavy atom. The molecule has 12 heteroatoms. The molecular weight excluding hydrogens is 492 g/mol. The molecule has 0 spiro atoms. The van der Waals surface area contributed by atoms with Gasteiger partial charge >= 0.3 is 6.01 Å². The number of hydrogen-bond donors (Lipinski definition) is 1. The van der Waals surface area contributed by atoms with E-state index in [2.05, 4.69) is 22.4 Å². The standard InChI is InChI=1S/C20H21ClN4O4S3/c1-2-30-14-7-5-13(6-8-14)12-17-23-24-20(29-17)22-19(26)15-4-3-11-25(15)32(27,28)18-10-9-16(21)31-18/h5-10,15H,2-4,11-12H2,1H3,(H,22,24,26). The van der Waals surface area contributed by atoms with Crippen LogP contribution in [0.4, 0.5) is 6.01 Å². The Hall–Kier alpha value is -1.92. The van der Waals surface area contributed by atoms with E-state index in [1.807, 2.05) is 24.3 Å². The highest BCUT2D eigenvalue weighted by Gasteiger charge is 2.40. The molecule has 1 amide bonds. The van der Waals surface area contributed by atoms with Crippen molar-refractivity contribution in [2.24, 2.45) is 0 Å². The predicted octanol–water partition coefficient (Wildman–Crippen LogP) is 4.28.